The summed E-state index contributed by atoms with van der Waals surface area (Å²) in [6, 6.07) is 22.6. The Labute approximate surface area is 130 Å². The monoisotopic (exact) mass is 284 g/mol. The molecule has 1 nitrogen and oxygen atoms in total. The zero-order valence-electron chi connectivity index (χ0n) is 12.9. The summed E-state index contributed by atoms with van der Waals surface area (Å²) >= 11 is 0. The minimum Gasteiger partial charge on any atom is -0.187 e. The lowest BCUT2D eigenvalue weighted by atomic mass is 9.67. The summed E-state index contributed by atoms with van der Waals surface area (Å²) in [4.78, 5) is 0. The molecule has 1 aliphatic heterocycles. The van der Waals surface area contributed by atoms with Crippen molar-refractivity contribution in [3.8, 4) is 11.3 Å². The second kappa shape index (κ2) is 3.86. The molecular weight excluding hydrogens is 266 g/mol. The maximum Gasteiger partial charge on any atom is 0.213 e. The molecule has 0 spiro atoms. The van der Waals surface area contributed by atoms with Crippen molar-refractivity contribution in [3.63, 3.8) is 0 Å². The number of hydrogen-bond donors (Lipinski definition) is 0. The van der Waals surface area contributed by atoms with Gasteiger partial charge in [0.2, 0.25) is 11.7 Å². The molecule has 106 valence electrons. The zero-order valence-corrected chi connectivity index (χ0v) is 12.9. The minimum atomic E-state index is 0.0566. The molecule has 2 aliphatic rings. The molecule has 0 saturated heterocycles. The van der Waals surface area contributed by atoms with Crippen LogP contribution in [0.25, 0.3) is 11.3 Å². The van der Waals surface area contributed by atoms with Gasteiger partial charge in [-0.2, -0.15) is 4.57 Å². The molecule has 3 aromatic rings. The molecule has 1 heteroatoms. The Morgan fingerprint density at radius 1 is 0.818 bits per heavy atom. The zero-order chi connectivity index (χ0) is 14.9. The van der Waals surface area contributed by atoms with Gasteiger partial charge in [0.05, 0.1) is 5.56 Å². The van der Waals surface area contributed by atoms with E-state index in [2.05, 4.69) is 85.3 Å². The second-order valence-corrected chi connectivity index (χ2v) is 6.87. The van der Waals surface area contributed by atoms with E-state index in [0.717, 1.165) is 0 Å². The van der Waals surface area contributed by atoms with Crippen LogP contribution in [0.15, 0.2) is 66.9 Å². The summed E-state index contributed by atoms with van der Waals surface area (Å²) in [5, 5.41) is 0. The van der Waals surface area contributed by atoms with Crippen molar-refractivity contribution in [2.75, 3.05) is 0 Å². The highest BCUT2D eigenvalue weighted by molar-refractivity contribution is 5.72. The molecule has 0 radical (unpaired) electrons. The second-order valence-electron chi connectivity index (χ2n) is 6.87. The highest BCUT2D eigenvalue weighted by atomic mass is 15.0. The molecule has 0 N–H and O–H groups in total. The Morgan fingerprint density at radius 2 is 1.59 bits per heavy atom. The van der Waals surface area contributed by atoms with Crippen molar-refractivity contribution in [1.29, 1.82) is 0 Å². The largest absolute Gasteiger partial charge is 0.213 e. The van der Waals surface area contributed by atoms with E-state index in [0.29, 0.717) is 6.04 Å². The summed E-state index contributed by atoms with van der Waals surface area (Å²) < 4.78 is 2.43. The van der Waals surface area contributed by atoms with Crippen LogP contribution in [0.3, 0.4) is 0 Å². The van der Waals surface area contributed by atoms with E-state index in [1.54, 1.807) is 0 Å². The molecule has 2 aromatic carbocycles. The van der Waals surface area contributed by atoms with E-state index >= 15 is 0 Å². The molecule has 1 unspecified atom stereocenters. The van der Waals surface area contributed by atoms with Crippen LogP contribution in [0.2, 0.25) is 0 Å². The summed E-state index contributed by atoms with van der Waals surface area (Å²) in [6.07, 6.45) is 2.22. The van der Waals surface area contributed by atoms with Gasteiger partial charge in [-0.1, -0.05) is 50.2 Å². The van der Waals surface area contributed by atoms with Crippen LogP contribution in [0.1, 0.15) is 42.1 Å². The van der Waals surface area contributed by atoms with Gasteiger partial charge < -0.3 is 0 Å². The first kappa shape index (κ1) is 12.2. The third-order valence-corrected chi connectivity index (χ3v) is 5.43. The van der Waals surface area contributed by atoms with Crippen LogP contribution in [0, 0.1) is 0 Å². The van der Waals surface area contributed by atoms with Crippen molar-refractivity contribution in [3.05, 3.63) is 89.1 Å². The molecule has 1 aliphatic carbocycles. The Kier molecular flexibility index (Phi) is 2.14. The van der Waals surface area contributed by atoms with Crippen molar-refractivity contribution in [2.45, 2.75) is 25.3 Å². The highest BCUT2D eigenvalue weighted by Gasteiger charge is 2.47. The molecule has 2 heterocycles. The van der Waals surface area contributed by atoms with Crippen LogP contribution in [0.5, 0.6) is 0 Å². The lowest BCUT2D eigenvalue weighted by Gasteiger charge is -2.35. The number of aromatic nitrogens is 1. The van der Waals surface area contributed by atoms with Crippen molar-refractivity contribution in [1.82, 2.24) is 0 Å². The molecule has 0 saturated carbocycles. The smallest absolute Gasteiger partial charge is 0.187 e. The predicted octanol–water partition coefficient (Wildman–Crippen LogP) is 4.23. The summed E-state index contributed by atoms with van der Waals surface area (Å²) in [5.74, 6) is 0. The van der Waals surface area contributed by atoms with Crippen LogP contribution in [-0.2, 0) is 5.41 Å². The van der Waals surface area contributed by atoms with Gasteiger partial charge in [-0.25, -0.2) is 0 Å². The van der Waals surface area contributed by atoms with Crippen molar-refractivity contribution >= 4 is 0 Å². The average molecular weight is 284 g/mol. The number of rotatable bonds is 0. The Morgan fingerprint density at radius 3 is 2.50 bits per heavy atom. The third-order valence-electron chi connectivity index (χ3n) is 5.43. The lowest BCUT2D eigenvalue weighted by molar-refractivity contribution is -0.689. The first-order valence-electron chi connectivity index (χ1n) is 7.93. The van der Waals surface area contributed by atoms with Gasteiger partial charge in [0.15, 0.2) is 6.20 Å². The maximum atomic E-state index is 2.43. The van der Waals surface area contributed by atoms with Crippen LogP contribution in [0.4, 0.5) is 0 Å². The van der Waals surface area contributed by atoms with E-state index in [1.165, 1.54) is 33.5 Å². The van der Waals surface area contributed by atoms with Gasteiger partial charge in [0.1, 0.15) is 0 Å². The Hall–Kier alpha value is -2.41. The van der Waals surface area contributed by atoms with Gasteiger partial charge in [-0.3, -0.25) is 0 Å². The van der Waals surface area contributed by atoms with E-state index in [-0.39, 0.29) is 5.41 Å². The molecule has 5 rings (SSSR count). The van der Waals surface area contributed by atoms with Crippen LogP contribution < -0.4 is 4.57 Å². The van der Waals surface area contributed by atoms with Crippen LogP contribution in [-0.4, -0.2) is 0 Å². The molecule has 0 bridgehead atoms. The topological polar surface area (TPSA) is 3.88 Å². The standard InChI is InChI=1S/C21H18N/c1-21(2)16-10-4-3-8-14(16)20-19-15(9-7-11-17(19)21)18-12-5-6-13-22(18)20/h3-13,20H,1-2H3/q+1. The number of nitrogens with zero attached hydrogens (tertiary/aromatic N) is 1. The fourth-order valence-corrected chi connectivity index (χ4v) is 4.43. The lowest BCUT2D eigenvalue weighted by Crippen LogP contribution is -2.42. The van der Waals surface area contributed by atoms with Gasteiger partial charge >= 0.3 is 0 Å². The quantitative estimate of drug-likeness (QED) is 0.425. The average Bonchev–Trinajstić information content (AvgIpc) is 2.88. The fraction of sp³-hybridized carbons (Fsp3) is 0.190. The van der Waals surface area contributed by atoms with Gasteiger partial charge in [0, 0.05) is 28.7 Å². The van der Waals surface area contributed by atoms with Crippen molar-refractivity contribution < 1.29 is 4.57 Å². The molecule has 22 heavy (non-hydrogen) atoms. The number of pyridine rings is 1. The summed E-state index contributed by atoms with van der Waals surface area (Å²) in [7, 11) is 0. The van der Waals surface area contributed by atoms with Gasteiger partial charge in [-0.15, -0.1) is 0 Å². The fourth-order valence-electron chi connectivity index (χ4n) is 4.43. The molecule has 0 amide bonds. The molecule has 0 fully saturated rings. The Bertz CT molecular complexity index is 921. The van der Waals surface area contributed by atoms with Crippen molar-refractivity contribution in [2.24, 2.45) is 0 Å². The molecule has 1 aromatic heterocycles. The summed E-state index contributed by atoms with van der Waals surface area (Å²) in [5.41, 5.74) is 8.65. The maximum absolute atomic E-state index is 2.43. The third kappa shape index (κ3) is 1.28. The normalized spacial score (nSPS) is 19.3. The molecule has 1 atom stereocenters. The van der Waals surface area contributed by atoms with E-state index < -0.39 is 0 Å². The first-order chi connectivity index (χ1) is 10.7. The van der Waals surface area contributed by atoms with Crippen LogP contribution >= 0.6 is 0 Å². The van der Waals surface area contributed by atoms with Gasteiger partial charge in [0.25, 0.3) is 0 Å². The number of hydrogen-bond acceptors (Lipinski definition) is 0. The highest BCUT2D eigenvalue weighted by Crippen LogP contribution is 2.50. The Balaban J connectivity index is 1.97. The molecular formula is C21H18N+. The van der Waals surface area contributed by atoms with E-state index in [1.807, 2.05) is 0 Å². The SMILES string of the molecule is CC1(C)c2ccccc2C2c3c(cccc31)-c1cccc[n+]12. The number of benzene rings is 2. The predicted molar refractivity (Wildman–Crippen MR) is 87.9 cm³/mol. The minimum absolute atomic E-state index is 0.0566. The first-order valence-corrected chi connectivity index (χ1v) is 7.93. The summed E-state index contributed by atoms with van der Waals surface area (Å²) in [6.45, 7) is 4.70. The van der Waals surface area contributed by atoms with Gasteiger partial charge in [-0.05, 0) is 23.3 Å². The van der Waals surface area contributed by atoms with E-state index in [9.17, 15) is 0 Å². The number of fused-ring (bicyclic) bond motifs is 5. The van der Waals surface area contributed by atoms with E-state index in [4.69, 9.17) is 0 Å².